The van der Waals surface area contributed by atoms with E-state index in [9.17, 15) is 4.79 Å². The third kappa shape index (κ3) is 4.70. The van der Waals surface area contributed by atoms with Gasteiger partial charge < -0.3 is 9.88 Å². The summed E-state index contributed by atoms with van der Waals surface area (Å²) in [5.74, 6) is 1.15. The van der Waals surface area contributed by atoms with Crippen LogP contribution in [0, 0.1) is 0 Å². The van der Waals surface area contributed by atoms with Gasteiger partial charge in [-0.2, -0.15) is 5.10 Å². The second kappa shape index (κ2) is 8.98. The number of rotatable bonds is 7. The number of aromatic nitrogens is 6. The Bertz CT molecular complexity index is 925. The molecule has 1 aliphatic rings. The third-order valence-corrected chi connectivity index (χ3v) is 5.59. The highest BCUT2D eigenvalue weighted by Gasteiger charge is 2.24. The average Bonchev–Trinajstić information content (AvgIpc) is 3.43. The molecule has 0 spiro atoms. The molecule has 0 unspecified atom stereocenters. The van der Waals surface area contributed by atoms with Gasteiger partial charge in [0.25, 0.3) is 0 Å². The topological polar surface area (TPSA) is 90.5 Å². The second-order valence-corrected chi connectivity index (χ2v) is 7.51. The van der Waals surface area contributed by atoms with Crippen LogP contribution in [0.15, 0.2) is 43.4 Å². The SMILES string of the molecule is CCc1nccn1CCC(=O)NC1CCC(n2cc(-c3cnccn3)cn2)CC1. The third-order valence-electron chi connectivity index (χ3n) is 5.59. The zero-order valence-corrected chi connectivity index (χ0v) is 16.7. The van der Waals surface area contributed by atoms with Crippen molar-refractivity contribution < 1.29 is 4.79 Å². The molecule has 8 heteroatoms. The molecule has 1 saturated carbocycles. The molecule has 29 heavy (non-hydrogen) atoms. The smallest absolute Gasteiger partial charge is 0.222 e. The minimum Gasteiger partial charge on any atom is -0.353 e. The lowest BCUT2D eigenvalue weighted by atomic mass is 9.91. The van der Waals surface area contributed by atoms with E-state index in [0.29, 0.717) is 19.0 Å². The Hall–Kier alpha value is -3.03. The molecule has 8 nitrogen and oxygen atoms in total. The molecule has 3 aromatic heterocycles. The molecule has 0 aliphatic heterocycles. The van der Waals surface area contributed by atoms with Crippen molar-refractivity contribution in [2.45, 2.75) is 64.1 Å². The van der Waals surface area contributed by atoms with E-state index in [2.05, 4.69) is 36.9 Å². The number of hydrogen-bond acceptors (Lipinski definition) is 5. The van der Waals surface area contributed by atoms with Crippen LogP contribution in [0.4, 0.5) is 0 Å². The summed E-state index contributed by atoms with van der Waals surface area (Å²) in [7, 11) is 0. The van der Waals surface area contributed by atoms with E-state index >= 15 is 0 Å². The average molecular weight is 393 g/mol. The Kier molecular flexibility index (Phi) is 5.97. The first kappa shape index (κ1) is 19.3. The van der Waals surface area contributed by atoms with Crippen molar-refractivity contribution in [3.8, 4) is 11.3 Å². The predicted molar refractivity (Wildman–Crippen MR) is 109 cm³/mol. The van der Waals surface area contributed by atoms with Crippen LogP contribution in [0.1, 0.15) is 50.9 Å². The van der Waals surface area contributed by atoms with E-state index in [1.807, 2.05) is 23.3 Å². The van der Waals surface area contributed by atoms with Gasteiger partial charge in [0.2, 0.25) is 5.91 Å². The predicted octanol–water partition coefficient (Wildman–Crippen LogP) is 2.79. The Morgan fingerprint density at radius 1 is 1.14 bits per heavy atom. The number of hydrogen-bond donors (Lipinski definition) is 1. The summed E-state index contributed by atoms with van der Waals surface area (Å²) < 4.78 is 4.09. The van der Waals surface area contributed by atoms with Crippen molar-refractivity contribution in [1.82, 2.24) is 34.6 Å². The molecule has 3 aromatic rings. The van der Waals surface area contributed by atoms with Gasteiger partial charge in [0.1, 0.15) is 5.82 Å². The molecule has 1 aliphatic carbocycles. The second-order valence-electron chi connectivity index (χ2n) is 7.51. The van der Waals surface area contributed by atoms with Gasteiger partial charge in [0.15, 0.2) is 0 Å². The van der Waals surface area contributed by atoms with Crippen LogP contribution < -0.4 is 5.32 Å². The molecule has 152 valence electrons. The highest BCUT2D eigenvalue weighted by molar-refractivity contribution is 5.76. The van der Waals surface area contributed by atoms with E-state index in [0.717, 1.165) is 49.2 Å². The van der Waals surface area contributed by atoms with E-state index in [4.69, 9.17) is 0 Å². The van der Waals surface area contributed by atoms with Crippen molar-refractivity contribution in [2.75, 3.05) is 0 Å². The number of carbonyl (C=O) groups excluding carboxylic acids is 1. The Balaban J connectivity index is 1.24. The molecule has 1 N–H and O–H groups in total. The molecular formula is C21H27N7O. The van der Waals surface area contributed by atoms with Crippen LogP contribution in [-0.4, -0.2) is 41.2 Å². The number of amides is 1. The molecule has 4 rings (SSSR count). The van der Waals surface area contributed by atoms with Gasteiger partial charge in [-0.25, -0.2) is 4.98 Å². The first-order chi connectivity index (χ1) is 14.2. The highest BCUT2D eigenvalue weighted by Crippen LogP contribution is 2.29. The van der Waals surface area contributed by atoms with Gasteiger partial charge in [-0.05, 0) is 25.7 Å². The lowest BCUT2D eigenvalue weighted by Gasteiger charge is -2.29. The van der Waals surface area contributed by atoms with Gasteiger partial charge in [-0.3, -0.25) is 19.4 Å². The summed E-state index contributed by atoms with van der Waals surface area (Å²) >= 11 is 0. The quantitative estimate of drug-likeness (QED) is 0.667. The molecule has 1 fully saturated rings. The zero-order chi connectivity index (χ0) is 20.1. The fraction of sp³-hybridized carbons (Fsp3) is 0.476. The van der Waals surface area contributed by atoms with E-state index in [1.165, 1.54) is 0 Å². The van der Waals surface area contributed by atoms with Crippen molar-refractivity contribution in [3.05, 3.63) is 49.2 Å². The van der Waals surface area contributed by atoms with Crippen molar-refractivity contribution in [3.63, 3.8) is 0 Å². The molecule has 0 atom stereocenters. The van der Waals surface area contributed by atoms with E-state index in [-0.39, 0.29) is 11.9 Å². The minimum absolute atomic E-state index is 0.119. The molecule has 3 heterocycles. The molecule has 0 saturated heterocycles. The van der Waals surface area contributed by atoms with Crippen LogP contribution >= 0.6 is 0 Å². The van der Waals surface area contributed by atoms with Crippen LogP contribution in [0.3, 0.4) is 0 Å². The molecular weight excluding hydrogens is 366 g/mol. The summed E-state index contributed by atoms with van der Waals surface area (Å²) in [6.07, 6.45) is 18.1. The maximum atomic E-state index is 12.3. The van der Waals surface area contributed by atoms with Crippen LogP contribution in [0.5, 0.6) is 0 Å². The van der Waals surface area contributed by atoms with Gasteiger partial charge in [-0.15, -0.1) is 0 Å². The lowest BCUT2D eigenvalue weighted by Crippen LogP contribution is -2.38. The van der Waals surface area contributed by atoms with Crippen molar-refractivity contribution >= 4 is 5.91 Å². The summed E-state index contributed by atoms with van der Waals surface area (Å²) in [5, 5.41) is 7.73. The highest BCUT2D eigenvalue weighted by atomic mass is 16.1. The first-order valence-corrected chi connectivity index (χ1v) is 10.3. The summed E-state index contributed by atoms with van der Waals surface area (Å²) in [6, 6.07) is 0.619. The van der Waals surface area contributed by atoms with Gasteiger partial charge in [0, 0.05) is 62.0 Å². The fourth-order valence-corrected chi connectivity index (χ4v) is 3.98. The van der Waals surface area contributed by atoms with Crippen LogP contribution in [-0.2, 0) is 17.8 Å². The van der Waals surface area contributed by atoms with Gasteiger partial charge >= 0.3 is 0 Å². The lowest BCUT2D eigenvalue weighted by molar-refractivity contribution is -0.122. The molecule has 0 aromatic carbocycles. The monoisotopic (exact) mass is 393 g/mol. The van der Waals surface area contributed by atoms with E-state index < -0.39 is 0 Å². The molecule has 1 amide bonds. The Morgan fingerprint density at radius 2 is 2.00 bits per heavy atom. The van der Waals surface area contributed by atoms with E-state index in [1.54, 1.807) is 24.8 Å². The largest absolute Gasteiger partial charge is 0.353 e. The number of aryl methyl sites for hydroxylation is 2. The first-order valence-electron chi connectivity index (χ1n) is 10.3. The minimum atomic E-state index is 0.119. The van der Waals surface area contributed by atoms with Crippen LogP contribution in [0.2, 0.25) is 0 Å². The number of nitrogens with zero attached hydrogens (tertiary/aromatic N) is 6. The number of imidazole rings is 1. The Morgan fingerprint density at radius 3 is 2.76 bits per heavy atom. The molecule has 0 bridgehead atoms. The maximum Gasteiger partial charge on any atom is 0.222 e. The summed E-state index contributed by atoms with van der Waals surface area (Å²) in [6.45, 7) is 2.76. The van der Waals surface area contributed by atoms with Gasteiger partial charge in [-0.1, -0.05) is 6.92 Å². The summed E-state index contributed by atoms with van der Waals surface area (Å²) in [5.41, 5.74) is 1.82. The standard InChI is InChI=1S/C21H27N7O/c1-2-20-24-10-12-27(20)11-7-21(29)26-17-3-5-18(6-4-17)28-15-16(13-25-28)19-14-22-8-9-23-19/h8-10,12-15,17-18H,2-7,11H2,1H3,(H,26,29). The normalized spacial score (nSPS) is 19.2. The number of nitrogens with one attached hydrogen (secondary N) is 1. The maximum absolute atomic E-state index is 12.3. The number of carbonyl (C=O) groups is 1. The zero-order valence-electron chi connectivity index (χ0n) is 16.7. The molecule has 0 radical (unpaired) electrons. The van der Waals surface area contributed by atoms with Crippen LogP contribution in [0.25, 0.3) is 11.3 Å². The fourth-order valence-electron chi connectivity index (χ4n) is 3.98. The van der Waals surface area contributed by atoms with Gasteiger partial charge in [0.05, 0.1) is 24.1 Å². The van der Waals surface area contributed by atoms with Crippen molar-refractivity contribution in [1.29, 1.82) is 0 Å². The summed E-state index contributed by atoms with van der Waals surface area (Å²) in [4.78, 5) is 25.1. The Labute approximate surface area is 170 Å². The van der Waals surface area contributed by atoms with Crippen molar-refractivity contribution in [2.24, 2.45) is 0 Å².